The SMILES string of the molecule is Cc1ccsc1[C@@H]1CCN(Cc2cn[nH]c2C(=O)O)C[C@H]1O. The van der Waals surface area contributed by atoms with Crippen LogP contribution in [0.2, 0.25) is 0 Å². The molecule has 3 rings (SSSR count). The molecule has 3 N–H and O–H groups in total. The summed E-state index contributed by atoms with van der Waals surface area (Å²) in [5.74, 6) is -0.823. The Kier molecular flexibility index (Phi) is 4.28. The van der Waals surface area contributed by atoms with Gasteiger partial charge in [-0.15, -0.1) is 11.3 Å². The maximum atomic E-state index is 11.1. The first-order valence-corrected chi connectivity index (χ1v) is 8.14. The maximum Gasteiger partial charge on any atom is 0.354 e. The number of aryl methyl sites for hydroxylation is 1. The lowest BCUT2D eigenvalue weighted by molar-refractivity contribution is 0.0481. The molecular weight excluding hydrogens is 302 g/mol. The lowest BCUT2D eigenvalue weighted by Crippen LogP contribution is -2.42. The van der Waals surface area contributed by atoms with Crippen molar-refractivity contribution in [2.75, 3.05) is 13.1 Å². The van der Waals surface area contributed by atoms with Crippen LogP contribution in [-0.2, 0) is 6.54 Å². The van der Waals surface area contributed by atoms with Crippen LogP contribution in [0.25, 0.3) is 0 Å². The van der Waals surface area contributed by atoms with Crippen molar-refractivity contribution in [2.24, 2.45) is 0 Å². The fraction of sp³-hybridized carbons (Fsp3) is 0.467. The smallest absolute Gasteiger partial charge is 0.354 e. The summed E-state index contributed by atoms with van der Waals surface area (Å²) >= 11 is 1.70. The summed E-state index contributed by atoms with van der Waals surface area (Å²) < 4.78 is 0. The van der Waals surface area contributed by atoms with Gasteiger partial charge < -0.3 is 10.2 Å². The van der Waals surface area contributed by atoms with Crippen molar-refractivity contribution >= 4 is 17.3 Å². The number of carboxylic acids is 1. The number of aliphatic hydroxyl groups is 1. The van der Waals surface area contributed by atoms with Crippen LogP contribution >= 0.6 is 11.3 Å². The zero-order valence-electron chi connectivity index (χ0n) is 12.3. The van der Waals surface area contributed by atoms with Gasteiger partial charge in [0.2, 0.25) is 0 Å². The van der Waals surface area contributed by atoms with Crippen molar-refractivity contribution in [3.05, 3.63) is 39.3 Å². The van der Waals surface area contributed by atoms with Crippen molar-refractivity contribution in [1.82, 2.24) is 15.1 Å². The van der Waals surface area contributed by atoms with Gasteiger partial charge in [0.25, 0.3) is 0 Å². The van der Waals surface area contributed by atoms with Crippen LogP contribution in [0.4, 0.5) is 0 Å². The quantitative estimate of drug-likeness (QED) is 0.799. The summed E-state index contributed by atoms with van der Waals surface area (Å²) in [7, 11) is 0. The Morgan fingerprint density at radius 1 is 1.59 bits per heavy atom. The Bertz CT molecular complexity index is 667. The number of aliphatic hydroxyl groups excluding tert-OH is 1. The lowest BCUT2D eigenvalue weighted by atomic mass is 9.90. The monoisotopic (exact) mass is 321 g/mol. The van der Waals surface area contributed by atoms with E-state index < -0.39 is 12.1 Å². The Labute approximate surface area is 132 Å². The minimum Gasteiger partial charge on any atom is -0.477 e. The molecule has 0 aromatic carbocycles. The number of aromatic carboxylic acids is 1. The third-order valence-corrected chi connectivity index (χ3v) is 5.38. The Hall–Kier alpha value is -1.70. The van der Waals surface area contributed by atoms with Gasteiger partial charge in [-0.3, -0.25) is 10.00 Å². The van der Waals surface area contributed by atoms with Gasteiger partial charge in [0.1, 0.15) is 5.69 Å². The number of piperidine rings is 1. The van der Waals surface area contributed by atoms with E-state index in [1.807, 2.05) is 0 Å². The average molecular weight is 321 g/mol. The number of rotatable bonds is 4. The number of carboxylic acid groups (broad SMARTS) is 1. The highest BCUT2D eigenvalue weighted by Crippen LogP contribution is 2.34. The van der Waals surface area contributed by atoms with Crippen LogP contribution in [0.3, 0.4) is 0 Å². The van der Waals surface area contributed by atoms with Gasteiger partial charge >= 0.3 is 5.97 Å². The van der Waals surface area contributed by atoms with E-state index in [2.05, 4.69) is 33.5 Å². The molecule has 1 aliphatic rings. The molecule has 1 fully saturated rings. The minimum absolute atomic E-state index is 0.130. The number of aromatic amines is 1. The molecule has 7 heteroatoms. The molecule has 0 bridgehead atoms. The predicted octanol–water partition coefficient (Wildman–Crippen LogP) is 1.83. The van der Waals surface area contributed by atoms with Crippen LogP contribution in [0, 0.1) is 6.92 Å². The van der Waals surface area contributed by atoms with E-state index in [-0.39, 0.29) is 11.6 Å². The van der Waals surface area contributed by atoms with E-state index >= 15 is 0 Å². The molecule has 0 saturated carbocycles. The van der Waals surface area contributed by atoms with Crippen molar-refractivity contribution in [3.8, 4) is 0 Å². The van der Waals surface area contributed by atoms with Gasteiger partial charge in [0, 0.05) is 29.4 Å². The maximum absolute atomic E-state index is 11.1. The third kappa shape index (κ3) is 2.92. The predicted molar refractivity (Wildman–Crippen MR) is 83.2 cm³/mol. The van der Waals surface area contributed by atoms with E-state index in [9.17, 15) is 9.90 Å². The molecule has 0 unspecified atom stereocenters. The van der Waals surface area contributed by atoms with E-state index in [0.717, 1.165) is 13.0 Å². The molecule has 6 nitrogen and oxygen atoms in total. The van der Waals surface area contributed by atoms with Gasteiger partial charge in [-0.05, 0) is 36.9 Å². The Balaban J connectivity index is 1.66. The van der Waals surface area contributed by atoms with Gasteiger partial charge in [-0.25, -0.2) is 4.79 Å². The number of β-amino-alcohol motifs (C(OH)–C–C–N with tert-alkyl or cyclic N) is 1. The largest absolute Gasteiger partial charge is 0.477 e. The van der Waals surface area contributed by atoms with E-state index in [4.69, 9.17) is 5.11 Å². The number of nitrogens with zero attached hydrogens (tertiary/aromatic N) is 2. The first-order valence-electron chi connectivity index (χ1n) is 7.26. The minimum atomic E-state index is -1.00. The molecule has 22 heavy (non-hydrogen) atoms. The number of nitrogens with one attached hydrogen (secondary N) is 1. The number of likely N-dealkylation sites (tertiary alicyclic amines) is 1. The van der Waals surface area contributed by atoms with Gasteiger partial charge in [-0.2, -0.15) is 5.10 Å². The van der Waals surface area contributed by atoms with Crippen molar-refractivity contribution in [3.63, 3.8) is 0 Å². The average Bonchev–Trinajstić information content (AvgIpc) is 3.08. The normalized spacial score (nSPS) is 22.8. The molecule has 1 saturated heterocycles. The number of thiophene rings is 1. The topological polar surface area (TPSA) is 89.5 Å². The summed E-state index contributed by atoms with van der Waals surface area (Å²) in [4.78, 5) is 14.4. The Morgan fingerprint density at radius 3 is 3.05 bits per heavy atom. The van der Waals surface area contributed by atoms with E-state index in [1.54, 1.807) is 17.5 Å². The molecular formula is C15H19N3O3S. The van der Waals surface area contributed by atoms with Crippen LogP contribution in [-0.4, -0.2) is 50.5 Å². The fourth-order valence-electron chi connectivity index (χ4n) is 3.07. The molecule has 2 atom stereocenters. The van der Waals surface area contributed by atoms with Crippen LogP contribution < -0.4 is 0 Å². The zero-order valence-corrected chi connectivity index (χ0v) is 13.1. The van der Waals surface area contributed by atoms with Gasteiger partial charge in [-0.1, -0.05) is 0 Å². The van der Waals surface area contributed by atoms with Crippen LogP contribution in [0.5, 0.6) is 0 Å². The second kappa shape index (κ2) is 6.20. The zero-order chi connectivity index (χ0) is 15.7. The van der Waals surface area contributed by atoms with E-state index in [1.165, 1.54) is 10.4 Å². The van der Waals surface area contributed by atoms with Crippen molar-refractivity contribution in [2.45, 2.75) is 31.9 Å². The number of aromatic nitrogens is 2. The highest BCUT2D eigenvalue weighted by atomic mass is 32.1. The van der Waals surface area contributed by atoms with Crippen molar-refractivity contribution < 1.29 is 15.0 Å². The fourth-order valence-corrected chi connectivity index (χ4v) is 4.19. The van der Waals surface area contributed by atoms with Crippen LogP contribution in [0.15, 0.2) is 17.6 Å². The summed E-state index contributed by atoms with van der Waals surface area (Å²) in [6, 6.07) is 2.09. The summed E-state index contributed by atoms with van der Waals surface area (Å²) in [5.41, 5.74) is 2.03. The summed E-state index contributed by atoms with van der Waals surface area (Å²) in [6.45, 7) is 3.95. The Morgan fingerprint density at radius 2 is 2.41 bits per heavy atom. The molecule has 0 radical (unpaired) electrons. The first kappa shape index (κ1) is 15.2. The number of hydrogen-bond donors (Lipinski definition) is 3. The first-order chi connectivity index (χ1) is 10.6. The number of carbonyl (C=O) groups is 1. The molecule has 118 valence electrons. The highest BCUT2D eigenvalue weighted by molar-refractivity contribution is 7.10. The third-order valence-electron chi connectivity index (χ3n) is 4.23. The van der Waals surface area contributed by atoms with Crippen LogP contribution in [0.1, 0.15) is 38.8 Å². The standard InChI is InChI=1S/C15H19N3O3S/c1-9-3-5-22-14(9)11-2-4-18(8-12(11)19)7-10-6-16-17-13(10)15(20)21/h3,5-6,11-12,19H,2,4,7-8H2,1H3,(H,16,17)(H,20,21)/t11-,12-/m1/s1. The second-order valence-corrected chi connectivity index (χ2v) is 6.69. The van der Waals surface area contributed by atoms with E-state index in [0.29, 0.717) is 18.7 Å². The molecule has 2 aromatic rings. The molecule has 3 heterocycles. The lowest BCUT2D eigenvalue weighted by Gasteiger charge is -2.35. The van der Waals surface area contributed by atoms with Gasteiger partial charge in [0.15, 0.2) is 0 Å². The highest BCUT2D eigenvalue weighted by Gasteiger charge is 2.31. The molecule has 2 aromatic heterocycles. The van der Waals surface area contributed by atoms with Crippen molar-refractivity contribution in [1.29, 1.82) is 0 Å². The summed E-state index contributed by atoms with van der Waals surface area (Å²) in [5, 5.41) is 27.9. The molecule has 0 aliphatic carbocycles. The molecule has 0 amide bonds. The molecule has 0 spiro atoms. The second-order valence-electron chi connectivity index (χ2n) is 5.74. The van der Waals surface area contributed by atoms with Gasteiger partial charge in [0.05, 0.1) is 12.3 Å². The number of H-pyrrole nitrogens is 1. The number of hydrogen-bond acceptors (Lipinski definition) is 5. The molecule has 1 aliphatic heterocycles. The summed E-state index contributed by atoms with van der Waals surface area (Å²) in [6.07, 6.45) is 2.00.